The van der Waals surface area contributed by atoms with Crippen LogP contribution in [-0.4, -0.2) is 47.0 Å². The molecule has 8 heteroatoms. The Hall–Kier alpha value is -3.00. The molecule has 0 spiro atoms. The number of nitrogens with zero attached hydrogens (tertiary/aromatic N) is 1. The second-order valence-corrected chi connectivity index (χ2v) is 7.88. The van der Waals surface area contributed by atoms with E-state index in [1.54, 1.807) is 37.0 Å². The summed E-state index contributed by atoms with van der Waals surface area (Å²) in [6.07, 6.45) is 1.57. The van der Waals surface area contributed by atoms with E-state index in [9.17, 15) is 19.5 Å². The van der Waals surface area contributed by atoms with Gasteiger partial charge in [0.05, 0.1) is 29.4 Å². The molecular formula is C22H23NO6S. The van der Waals surface area contributed by atoms with Crippen molar-refractivity contribution in [3.05, 3.63) is 62.7 Å². The molecule has 0 aliphatic carbocycles. The zero-order valence-electron chi connectivity index (χ0n) is 17.2. The first kappa shape index (κ1) is 21.7. The van der Waals surface area contributed by atoms with Gasteiger partial charge in [0.25, 0.3) is 0 Å². The van der Waals surface area contributed by atoms with E-state index >= 15 is 0 Å². The van der Waals surface area contributed by atoms with Crippen LogP contribution in [0.3, 0.4) is 0 Å². The Bertz CT molecular complexity index is 1010. The van der Waals surface area contributed by atoms with Crippen molar-refractivity contribution in [2.45, 2.75) is 33.7 Å². The highest BCUT2D eigenvalue weighted by Crippen LogP contribution is 2.47. The van der Waals surface area contributed by atoms with Gasteiger partial charge in [-0.1, -0.05) is 23.9 Å². The first-order valence-corrected chi connectivity index (χ1v) is 10.4. The average molecular weight is 429 g/mol. The Kier molecular flexibility index (Phi) is 6.36. The Morgan fingerprint density at radius 2 is 1.77 bits per heavy atom. The summed E-state index contributed by atoms with van der Waals surface area (Å²) < 4.78 is 10.4. The van der Waals surface area contributed by atoms with Crippen LogP contribution in [0.15, 0.2) is 57.1 Å². The topological polar surface area (TPSA) is 93.1 Å². The molecule has 3 rings (SSSR count). The van der Waals surface area contributed by atoms with Gasteiger partial charge >= 0.3 is 11.9 Å². The lowest BCUT2D eigenvalue weighted by molar-refractivity contribution is -0.150. The number of rotatable bonds is 6. The molecule has 0 saturated carbocycles. The molecule has 0 fully saturated rings. The van der Waals surface area contributed by atoms with Crippen LogP contribution in [0.2, 0.25) is 0 Å². The molecule has 0 bridgehead atoms. The van der Waals surface area contributed by atoms with E-state index in [0.29, 0.717) is 5.03 Å². The molecule has 30 heavy (non-hydrogen) atoms. The van der Waals surface area contributed by atoms with E-state index in [1.807, 2.05) is 13.8 Å². The zero-order valence-corrected chi connectivity index (χ0v) is 18.0. The lowest BCUT2D eigenvalue weighted by Crippen LogP contribution is -2.45. The number of fused-ring (bicyclic) bond motifs is 1. The number of ketones is 1. The Labute approximate surface area is 179 Å². The van der Waals surface area contributed by atoms with E-state index in [0.717, 1.165) is 10.6 Å². The van der Waals surface area contributed by atoms with Crippen LogP contribution in [0, 0.1) is 0 Å². The molecule has 1 aromatic rings. The highest BCUT2D eigenvalue weighted by Gasteiger charge is 2.46. The van der Waals surface area contributed by atoms with Crippen LogP contribution in [-0.2, 0) is 19.1 Å². The second-order valence-electron chi connectivity index (χ2n) is 6.64. The minimum atomic E-state index is -1.15. The fraction of sp³-hybridized carbons (Fsp3) is 0.318. The van der Waals surface area contributed by atoms with Gasteiger partial charge in [-0.3, -0.25) is 4.79 Å². The van der Waals surface area contributed by atoms with Crippen molar-refractivity contribution >= 4 is 29.5 Å². The van der Waals surface area contributed by atoms with Gasteiger partial charge in [-0.2, -0.15) is 0 Å². The standard InChI is InChI=1S/C22H23NO6S/c1-5-28-21(26)18-15(20(25)14-9-7-8-10-16(14)24)11-17-23(12(3)13(4)30-17)19(18)22(27)29-6-2/h7-11,19,24H,5-6H2,1-4H3. The number of allylic oxidation sites excluding steroid dienone is 4. The third kappa shape index (κ3) is 3.75. The molecule has 0 radical (unpaired) electrons. The number of Topliss-reactive ketones (excluding diaryl/α,β-unsaturated/α-hetero) is 1. The summed E-state index contributed by atoms with van der Waals surface area (Å²) in [5.41, 5.74) is 0.739. The number of benzene rings is 1. The minimum Gasteiger partial charge on any atom is -0.507 e. The fourth-order valence-corrected chi connectivity index (χ4v) is 4.46. The van der Waals surface area contributed by atoms with Gasteiger partial charge < -0.3 is 19.5 Å². The van der Waals surface area contributed by atoms with Crippen LogP contribution >= 0.6 is 11.8 Å². The van der Waals surface area contributed by atoms with Gasteiger partial charge in [-0.15, -0.1) is 0 Å². The Balaban J connectivity index is 2.25. The van der Waals surface area contributed by atoms with E-state index in [1.165, 1.54) is 23.9 Å². The van der Waals surface area contributed by atoms with Crippen molar-refractivity contribution in [1.29, 1.82) is 0 Å². The maximum Gasteiger partial charge on any atom is 0.337 e. The molecule has 0 aromatic heterocycles. The number of hydrogen-bond donors (Lipinski definition) is 1. The lowest BCUT2D eigenvalue weighted by Gasteiger charge is -2.34. The summed E-state index contributed by atoms with van der Waals surface area (Å²) in [6, 6.07) is 4.91. The number of para-hydroxylation sites is 1. The Morgan fingerprint density at radius 1 is 1.10 bits per heavy atom. The van der Waals surface area contributed by atoms with E-state index in [-0.39, 0.29) is 35.7 Å². The number of phenols is 1. The summed E-state index contributed by atoms with van der Waals surface area (Å²) in [6.45, 7) is 7.26. The van der Waals surface area contributed by atoms with Crippen LogP contribution < -0.4 is 0 Å². The third-order valence-electron chi connectivity index (χ3n) is 4.85. The van der Waals surface area contributed by atoms with Gasteiger partial charge in [-0.05, 0) is 45.9 Å². The van der Waals surface area contributed by atoms with Crippen molar-refractivity contribution in [1.82, 2.24) is 4.90 Å². The first-order chi connectivity index (χ1) is 14.3. The van der Waals surface area contributed by atoms with Crippen LogP contribution in [0.1, 0.15) is 38.1 Å². The van der Waals surface area contributed by atoms with E-state index in [4.69, 9.17) is 9.47 Å². The smallest absolute Gasteiger partial charge is 0.337 e. The normalized spacial score (nSPS) is 18.2. The molecule has 1 N–H and O–H groups in total. The van der Waals surface area contributed by atoms with Crippen LogP contribution in [0.5, 0.6) is 5.75 Å². The maximum atomic E-state index is 13.4. The molecule has 158 valence electrons. The van der Waals surface area contributed by atoms with Gasteiger partial charge in [0, 0.05) is 16.2 Å². The molecule has 1 unspecified atom stereocenters. The number of ether oxygens (including phenoxy) is 2. The molecule has 0 amide bonds. The monoisotopic (exact) mass is 429 g/mol. The number of aromatic hydroxyl groups is 1. The first-order valence-electron chi connectivity index (χ1n) is 9.58. The average Bonchev–Trinajstić information content (AvgIpc) is 3.00. The molecule has 7 nitrogen and oxygen atoms in total. The van der Waals surface area contributed by atoms with Gasteiger partial charge in [0.1, 0.15) is 5.75 Å². The number of carbonyl (C=O) groups is 3. The number of esters is 2. The highest BCUT2D eigenvalue weighted by molar-refractivity contribution is 8.06. The predicted octanol–water partition coefficient (Wildman–Crippen LogP) is 3.52. The molecule has 2 aliphatic heterocycles. The quantitative estimate of drug-likeness (QED) is 0.542. The lowest BCUT2D eigenvalue weighted by atomic mass is 9.90. The number of phenolic OH excluding ortho intramolecular Hbond substituents is 1. The summed E-state index contributed by atoms with van der Waals surface area (Å²) in [4.78, 5) is 41.9. The van der Waals surface area contributed by atoms with Crippen molar-refractivity contribution < 1.29 is 29.0 Å². The number of thioether (sulfide) groups is 1. The minimum absolute atomic E-state index is 0.00857. The molecular weight excluding hydrogens is 406 g/mol. The maximum absolute atomic E-state index is 13.4. The molecule has 1 atom stereocenters. The van der Waals surface area contributed by atoms with Crippen LogP contribution in [0.4, 0.5) is 0 Å². The fourth-order valence-electron chi connectivity index (χ4n) is 3.39. The van der Waals surface area contributed by atoms with Crippen molar-refractivity contribution in [2.75, 3.05) is 13.2 Å². The molecule has 0 saturated heterocycles. The molecule has 2 aliphatic rings. The van der Waals surface area contributed by atoms with Crippen molar-refractivity contribution in [2.24, 2.45) is 0 Å². The number of hydrogen-bond acceptors (Lipinski definition) is 8. The van der Waals surface area contributed by atoms with E-state index in [2.05, 4.69) is 0 Å². The SMILES string of the molecule is CCOC(=O)C1=C(C(=O)c2ccccc2O)C=C2SC(C)=C(C)N2C1C(=O)OCC. The second kappa shape index (κ2) is 8.79. The van der Waals surface area contributed by atoms with Gasteiger partial charge in [0.15, 0.2) is 11.8 Å². The van der Waals surface area contributed by atoms with Gasteiger partial charge in [-0.25, -0.2) is 9.59 Å². The predicted molar refractivity (Wildman–Crippen MR) is 112 cm³/mol. The summed E-state index contributed by atoms with van der Waals surface area (Å²) in [7, 11) is 0. The third-order valence-corrected chi connectivity index (χ3v) is 5.98. The highest BCUT2D eigenvalue weighted by atomic mass is 32.2. The van der Waals surface area contributed by atoms with Crippen LogP contribution in [0.25, 0.3) is 0 Å². The largest absolute Gasteiger partial charge is 0.507 e. The summed E-state index contributed by atoms with van der Waals surface area (Å²) in [5.74, 6) is -2.20. The molecule has 1 aromatic carbocycles. The van der Waals surface area contributed by atoms with Crippen molar-refractivity contribution in [3.8, 4) is 5.75 Å². The Morgan fingerprint density at radius 3 is 2.40 bits per heavy atom. The zero-order chi connectivity index (χ0) is 22.0. The molecule has 2 heterocycles. The summed E-state index contributed by atoms with van der Waals surface area (Å²) >= 11 is 1.40. The van der Waals surface area contributed by atoms with Crippen molar-refractivity contribution in [3.63, 3.8) is 0 Å². The van der Waals surface area contributed by atoms with Gasteiger partial charge in [0.2, 0.25) is 0 Å². The summed E-state index contributed by atoms with van der Waals surface area (Å²) in [5, 5.41) is 10.8. The van der Waals surface area contributed by atoms with E-state index < -0.39 is 23.8 Å². The number of carbonyl (C=O) groups excluding carboxylic acids is 3.